The molecule has 170 valence electrons. The van der Waals surface area contributed by atoms with Crippen LogP contribution in [0.15, 0.2) is 66.9 Å². The first-order valence-corrected chi connectivity index (χ1v) is 11.2. The number of anilines is 3. The number of hydrogen-bond acceptors (Lipinski definition) is 5. The van der Waals surface area contributed by atoms with E-state index in [4.69, 9.17) is 0 Å². The summed E-state index contributed by atoms with van der Waals surface area (Å²) in [6.45, 7) is 1.32. The summed E-state index contributed by atoms with van der Waals surface area (Å²) in [5.41, 5.74) is 4.02. The van der Waals surface area contributed by atoms with Gasteiger partial charge in [-0.3, -0.25) is 9.59 Å². The van der Waals surface area contributed by atoms with Crippen LogP contribution in [-0.2, 0) is 4.79 Å². The number of amides is 2. The average molecular weight is 444 g/mol. The van der Waals surface area contributed by atoms with E-state index < -0.39 is 0 Å². The summed E-state index contributed by atoms with van der Waals surface area (Å²) in [4.78, 5) is 31.3. The highest BCUT2D eigenvalue weighted by atomic mass is 16.2. The third-order valence-electron chi connectivity index (χ3n) is 5.39. The Hall–Kier alpha value is -3.71. The van der Waals surface area contributed by atoms with Gasteiger partial charge < -0.3 is 20.9 Å². The van der Waals surface area contributed by atoms with Gasteiger partial charge in [-0.25, -0.2) is 4.98 Å². The number of likely N-dealkylation sites (N-methyl/N-ethyl adjacent to an activating group) is 1. The Kier molecular flexibility index (Phi) is 7.00. The second-order valence-electron chi connectivity index (χ2n) is 8.54. The molecule has 4 rings (SSSR count). The molecule has 0 atom stereocenters. The summed E-state index contributed by atoms with van der Waals surface area (Å²) in [6, 6.07) is 19.2. The van der Waals surface area contributed by atoms with E-state index in [1.54, 1.807) is 6.20 Å². The maximum absolute atomic E-state index is 12.9. The first-order valence-electron chi connectivity index (χ1n) is 11.2. The highest BCUT2D eigenvalue weighted by molar-refractivity contribution is 5.97. The van der Waals surface area contributed by atoms with Gasteiger partial charge in [0.15, 0.2) is 0 Å². The van der Waals surface area contributed by atoms with E-state index in [1.807, 2.05) is 79.7 Å². The van der Waals surface area contributed by atoms with E-state index in [1.165, 1.54) is 0 Å². The Morgan fingerprint density at radius 1 is 0.970 bits per heavy atom. The predicted molar refractivity (Wildman–Crippen MR) is 132 cm³/mol. The molecule has 0 spiro atoms. The summed E-state index contributed by atoms with van der Waals surface area (Å²) in [5, 5.41) is 9.25. The van der Waals surface area contributed by atoms with Crippen LogP contribution >= 0.6 is 0 Å². The fourth-order valence-corrected chi connectivity index (χ4v) is 3.43. The van der Waals surface area contributed by atoms with Gasteiger partial charge in [0.05, 0.1) is 0 Å². The molecule has 7 heteroatoms. The van der Waals surface area contributed by atoms with Gasteiger partial charge in [-0.2, -0.15) is 0 Å². The average Bonchev–Trinajstić information content (AvgIpc) is 3.65. The van der Waals surface area contributed by atoms with Crippen LogP contribution in [0.4, 0.5) is 17.2 Å². The lowest BCUT2D eigenvalue weighted by molar-refractivity contribution is -0.117. The van der Waals surface area contributed by atoms with Crippen LogP contribution in [0.2, 0.25) is 0 Å². The first-order chi connectivity index (χ1) is 16.0. The zero-order chi connectivity index (χ0) is 23.2. The Labute approximate surface area is 194 Å². The Balaban J connectivity index is 1.62. The van der Waals surface area contributed by atoms with Crippen molar-refractivity contribution in [3.8, 4) is 11.1 Å². The van der Waals surface area contributed by atoms with Gasteiger partial charge in [0.2, 0.25) is 5.91 Å². The summed E-state index contributed by atoms with van der Waals surface area (Å²) in [7, 11) is 3.94. The van der Waals surface area contributed by atoms with Crippen LogP contribution in [0.3, 0.4) is 0 Å². The molecular formula is C26H29N5O2. The molecule has 0 bridgehead atoms. The van der Waals surface area contributed by atoms with Crippen LogP contribution in [0.1, 0.15) is 23.2 Å². The maximum atomic E-state index is 12.9. The highest BCUT2D eigenvalue weighted by Gasteiger charge is 2.29. The van der Waals surface area contributed by atoms with Crippen LogP contribution < -0.4 is 16.0 Å². The first kappa shape index (κ1) is 22.5. The SMILES string of the molecule is CN(C)CCNC(=O)c1cc(Nc2ccccc2)cc(-c2ccnc(NC(=O)C3CC3)c2)c1. The molecular weight excluding hydrogens is 414 g/mol. The molecule has 1 aliphatic carbocycles. The third kappa shape index (κ3) is 6.40. The number of pyridine rings is 1. The lowest BCUT2D eigenvalue weighted by Crippen LogP contribution is -2.31. The molecule has 1 heterocycles. The number of para-hydroxylation sites is 1. The van der Waals surface area contributed by atoms with Gasteiger partial charge >= 0.3 is 0 Å². The van der Waals surface area contributed by atoms with Gasteiger partial charge in [0.1, 0.15) is 5.82 Å². The number of carbonyl (C=O) groups is 2. The second kappa shape index (κ2) is 10.3. The van der Waals surface area contributed by atoms with Crippen molar-refractivity contribution in [3.05, 3.63) is 72.4 Å². The Morgan fingerprint density at radius 2 is 1.76 bits per heavy atom. The standard InChI is InChI=1S/C26H29N5O2/c1-31(2)13-12-28-25(32)21-14-20(15-23(16-21)29-22-6-4-3-5-7-22)19-10-11-27-24(17-19)30-26(33)18-8-9-18/h3-7,10-11,14-18,29H,8-9,12-13H2,1-2H3,(H,28,32)(H,27,30,33). The minimum atomic E-state index is -0.133. The van der Waals surface area contributed by atoms with E-state index in [-0.39, 0.29) is 17.7 Å². The van der Waals surface area contributed by atoms with Crippen molar-refractivity contribution in [2.24, 2.45) is 5.92 Å². The summed E-state index contributed by atoms with van der Waals surface area (Å²) in [6.07, 6.45) is 3.54. The molecule has 3 aromatic rings. The lowest BCUT2D eigenvalue weighted by atomic mass is 10.0. The largest absolute Gasteiger partial charge is 0.355 e. The van der Waals surface area contributed by atoms with Gasteiger partial charge in [-0.15, -0.1) is 0 Å². The van der Waals surface area contributed by atoms with Crippen molar-refractivity contribution >= 4 is 29.0 Å². The summed E-state index contributed by atoms with van der Waals surface area (Å²) >= 11 is 0. The molecule has 1 aromatic heterocycles. The van der Waals surface area contributed by atoms with Crippen LogP contribution in [0, 0.1) is 5.92 Å². The molecule has 0 radical (unpaired) electrons. The lowest BCUT2D eigenvalue weighted by Gasteiger charge is -2.14. The topological polar surface area (TPSA) is 86.4 Å². The van der Waals surface area contributed by atoms with Gasteiger partial charge in [-0.1, -0.05) is 18.2 Å². The van der Waals surface area contributed by atoms with E-state index in [0.717, 1.165) is 41.9 Å². The molecule has 33 heavy (non-hydrogen) atoms. The number of carbonyl (C=O) groups excluding carboxylic acids is 2. The number of nitrogens with zero attached hydrogens (tertiary/aromatic N) is 2. The number of rotatable bonds is 9. The molecule has 0 unspecified atom stereocenters. The normalized spacial score (nSPS) is 12.9. The number of hydrogen-bond donors (Lipinski definition) is 3. The second-order valence-corrected chi connectivity index (χ2v) is 8.54. The quantitative estimate of drug-likeness (QED) is 0.463. The van der Waals surface area contributed by atoms with Crippen LogP contribution in [-0.4, -0.2) is 48.9 Å². The van der Waals surface area contributed by atoms with Crippen molar-refractivity contribution in [1.82, 2.24) is 15.2 Å². The predicted octanol–water partition coefficient (Wildman–Crippen LogP) is 4.13. The number of nitrogens with one attached hydrogen (secondary N) is 3. The minimum absolute atomic E-state index is 0.0140. The smallest absolute Gasteiger partial charge is 0.251 e. The molecule has 3 N–H and O–H groups in total. The monoisotopic (exact) mass is 443 g/mol. The highest BCUT2D eigenvalue weighted by Crippen LogP contribution is 2.31. The van der Waals surface area contributed by atoms with E-state index in [0.29, 0.717) is 17.9 Å². The molecule has 0 aliphatic heterocycles. The summed E-state index contributed by atoms with van der Waals surface area (Å²) in [5.74, 6) is 0.500. The van der Waals surface area contributed by atoms with Crippen LogP contribution in [0.5, 0.6) is 0 Å². The molecule has 7 nitrogen and oxygen atoms in total. The van der Waals surface area contributed by atoms with Gasteiger partial charge in [0, 0.05) is 42.1 Å². The maximum Gasteiger partial charge on any atom is 0.251 e. The fraction of sp³-hybridized carbons (Fsp3) is 0.269. The summed E-state index contributed by atoms with van der Waals surface area (Å²) < 4.78 is 0. The van der Waals surface area contributed by atoms with Gasteiger partial charge in [-0.05, 0) is 80.5 Å². The van der Waals surface area contributed by atoms with Crippen molar-refractivity contribution in [2.45, 2.75) is 12.8 Å². The van der Waals surface area contributed by atoms with Crippen molar-refractivity contribution in [2.75, 3.05) is 37.8 Å². The zero-order valence-corrected chi connectivity index (χ0v) is 19.0. The zero-order valence-electron chi connectivity index (χ0n) is 19.0. The molecule has 1 fully saturated rings. The van der Waals surface area contributed by atoms with E-state index >= 15 is 0 Å². The third-order valence-corrected chi connectivity index (χ3v) is 5.39. The molecule has 0 saturated heterocycles. The Bertz CT molecular complexity index is 1130. The molecule has 2 aromatic carbocycles. The number of benzene rings is 2. The molecule has 2 amide bonds. The van der Waals surface area contributed by atoms with Crippen LogP contribution in [0.25, 0.3) is 11.1 Å². The van der Waals surface area contributed by atoms with Crippen molar-refractivity contribution < 1.29 is 9.59 Å². The van der Waals surface area contributed by atoms with Crippen molar-refractivity contribution in [3.63, 3.8) is 0 Å². The van der Waals surface area contributed by atoms with E-state index in [2.05, 4.69) is 20.9 Å². The van der Waals surface area contributed by atoms with Crippen molar-refractivity contribution in [1.29, 1.82) is 0 Å². The molecule has 1 saturated carbocycles. The van der Waals surface area contributed by atoms with Gasteiger partial charge in [0.25, 0.3) is 5.91 Å². The molecule has 1 aliphatic rings. The Morgan fingerprint density at radius 3 is 2.48 bits per heavy atom. The van der Waals surface area contributed by atoms with E-state index in [9.17, 15) is 9.59 Å². The number of aromatic nitrogens is 1. The fourth-order valence-electron chi connectivity index (χ4n) is 3.43. The minimum Gasteiger partial charge on any atom is -0.355 e.